The minimum absolute atomic E-state index is 0.0860. The molecular weight excluding hydrogens is 500 g/mol. The number of amides is 1. The summed E-state index contributed by atoms with van der Waals surface area (Å²) in [5, 5.41) is 1.01. The molecule has 1 fully saturated rings. The topological polar surface area (TPSA) is 42.3 Å². The minimum atomic E-state index is -4.48. The Morgan fingerprint density at radius 2 is 1.77 bits per heavy atom. The summed E-state index contributed by atoms with van der Waals surface area (Å²) in [6, 6.07) is 7.27. The van der Waals surface area contributed by atoms with Gasteiger partial charge in [0.05, 0.1) is 21.7 Å². The number of carbonyl (C=O) groups excluding carboxylic acids is 2. The summed E-state index contributed by atoms with van der Waals surface area (Å²) in [6.45, 7) is 2.65. The predicted octanol–water partition coefficient (Wildman–Crippen LogP) is 6.93. The average Bonchev–Trinajstić information content (AvgIpc) is 3.11. The zero-order chi connectivity index (χ0) is 25.5. The molecule has 0 radical (unpaired) electrons. The van der Waals surface area contributed by atoms with Gasteiger partial charge in [-0.1, -0.05) is 35.3 Å². The second-order valence-electron chi connectivity index (χ2n) is 9.17. The molecule has 1 aromatic heterocycles. The average molecular weight is 525 g/mol. The molecule has 3 aromatic rings. The van der Waals surface area contributed by atoms with Gasteiger partial charge in [-0.25, -0.2) is 0 Å². The van der Waals surface area contributed by atoms with Gasteiger partial charge in [-0.2, -0.15) is 13.2 Å². The van der Waals surface area contributed by atoms with Gasteiger partial charge in [-0.05, 0) is 55.0 Å². The standard InChI is InChI=1S/C26H25Cl2F3N2O2/c1-15(34)12-16-8-10-33(11-9-16)25(35)19-6-7-22(27)20(23(19)28)13-17-14-32(2)24-18(17)4-3-5-21(24)26(29,30)31/h3-7,14,16H,8-13H2,1-2H3. The summed E-state index contributed by atoms with van der Waals surface area (Å²) in [7, 11) is 1.57. The summed E-state index contributed by atoms with van der Waals surface area (Å²) in [5.41, 5.74) is 0.816. The highest BCUT2D eigenvalue weighted by atomic mass is 35.5. The molecule has 0 spiro atoms. The molecule has 186 valence electrons. The second kappa shape index (κ2) is 9.86. The van der Waals surface area contributed by atoms with Crippen LogP contribution < -0.4 is 0 Å². The molecule has 9 heteroatoms. The van der Waals surface area contributed by atoms with Gasteiger partial charge in [0.15, 0.2) is 0 Å². The summed E-state index contributed by atoms with van der Waals surface area (Å²) in [5.74, 6) is 0.211. The molecule has 4 rings (SSSR count). The van der Waals surface area contributed by atoms with Gasteiger partial charge in [0.1, 0.15) is 5.78 Å². The number of halogens is 5. The van der Waals surface area contributed by atoms with Crippen molar-refractivity contribution in [2.75, 3.05) is 13.1 Å². The van der Waals surface area contributed by atoms with Crippen LogP contribution in [0.5, 0.6) is 0 Å². The summed E-state index contributed by atoms with van der Waals surface area (Å²) >= 11 is 13.1. The van der Waals surface area contributed by atoms with E-state index in [0.29, 0.717) is 46.6 Å². The molecule has 0 atom stereocenters. The molecule has 2 heterocycles. The third-order valence-corrected chi connectivity index (χ3v) is 7.44. The molecule has 0 aliphatic carbocycles. The molecule has 1 saturated heterocycles. The van der Waals surface area contributed by atoms with Crippen molar-refractivity contribution in [1.29, 1.82) is 0 Å². The highest BCUT2D eigenvalue weighted by Crippen LogP contribution is 2.38. The SMILES string of the molecule is CC(=O)CC1CCN(C(=O)c2ccc(Cl)c(Cc3cn(C)c4c(C(F)(F)F)cccc34)c2Cl)CC1. The van der Waals surface area contributed by atoms with Crippen molar-refractivity contribution in [2.24, 2.45) is 13.0 Å². The number of Topliss-reactive ketones (excluding diaryl/α,β-unsaturated/α-hetero) is 1. The number of hydrogen-bond donors (Lipinski definition) is 0. The van der Waals surface area contributed by atoms with E-state index in [-0.39, 0.29) is 34.6 Å². The smallest absolute Gasteiger partial charge is 0.350 e. The molecule has 2 aromatic carbocycles. The summed E-state index contributed by atoms with van der Waals surface area (Å²) in [6.07, 6.45) is -0.641. The van der Waals surface area contributed by atoms with Crippen molar-refractivity contribution in [1.82, 2.24) is 9.47 Å². The molecule has 0 saturated carbocycles. The van der Waals surface area contributed by atoms with E-state index in [1.54, 1.807) is 43.3 Å². The van der Waals surface area contributed by atoms with E-state index in [1.165, 1.54) is 10.6 Å². The van der Waals surface area contributed by atoms with Gasteiger partial charge in [0.25, 0.3) is 5.91 Å². The quantitative estimate of drug-likeness (QED) is 0.363. The second-order valence-corrected chi connectivity index (χ2v) is 9.96. The number of piperidine rings is 1. The first-order chi connectivity index (χ1) is 16.5. The fraction of sp³-hybridized carbons (Fsp3) is 0.385. The monoisotopic (exact) mass is 524 g/mol. The number of fused-ring (bicyclic) bond motifs is 1. The fourth-order valence-electron chi connectivity index (χ4n) is 4.95. The molecule has 4 nitrogen and oxygen atoms in total. The lowest BCUT2D eigenvalue weighted by molar-refractivity contribution is -0.136. The van der Waals surface area contributed by atoms with Gasteiger partial charge >= 0.3 is 6.18 Å². The molecule has 1 amide bonds. The van der Waals surface area contributed by atoms with Crippen molar-refractivity contribution >= 4 is 45.8 Å². The zero-order valence-corrected chi connectivity index (χ0v) is 20.9. The van der Waals surface area contributed by atoms with Crippen LogP contribution in [0, 0.1) is 5.92 Å². The van der Waals surface area contributed by atoms with Crippen LogP contribution in [0.4, 0.5) is 13.2 Å². The predicted molar refractivity (Wildman–Crippen MR) is 131 cm³/mol. The number of nitrogens with zero attached hydrogens (tertiary/aromatic N) is 2. The number of carbonyl (C=O) groups is 2. The van der Waals surface area contributed by atoms with Gasteiger partial charge < -0.3 is 14.3 Å². The molecule has 1 aliphatic heterocycles. The number of para-hydroxylation sites is 1. The number of aryl methyl sites for hydroxylation is 1. The van der Waals surface area contributed by atoms with E-state index in [2.05, 4.69) is 0 Å². The van der Waals surface area contributed by atoms with E-state index in [0.717, 1.165) is 18.9 Å². The number of rotatable bonds is 5. The van der Waals surface area contributed by atoms with Gasteiger partial charge in [-0.15, -0.1) is 0 Å². The van der Waals surface area contributed by atoms with Crippen LogP contribution in [0.15, 0.2) is 36.5 Å². The normalized spacial score (nSPS) is 15.1. The lowest BCUT2D eigenvalue weighted by atomic mass is 9.91. The molecule has 35 heavy (non-hydrogen) atoms. The number of aromatic nitrogens is 1. The maximum absolute atomic E-state index is 13.6. The van der Waals surface area contributed by atoms with E-state index >= 15 is 0 Å². The lowest BCUT2D eigenvalue weighted by Crippen LogP contribution is -2.39. The molecular formula is C26H25Cl2F3N2O2. The summed E-state index contributed by atoms with van der Waals surface area (Å²) in [4.78, 5) is 26.4. The number of alkyl halides is 3. The first-order valence-electron chi connectivity index (χ1n) is 11.4. The molecule has 0 unspecified atom stereocenters. The lowest BCUT2D eigenvalue weighted by Gasteiger charge is -2.32. The van der Waals surface area contributed by atoms with Crippen LogP contribution in [0.2, 0.25) is 10.0 Å². The Kier molecular flexibility index (Phi) is 7.21. The van der Waals surface area contributed by atoms with Gasteiger partial charge in [0, 0.05) is 49.6 Å². The molecule has 0 bridgehead atoms. The largest absolute Gasteiger partial charge is 0.418 e. The Morgan fingerprint density at radius 1 is 1.09 bits per heavy atom. The maximum Gasteiger partial charge on any atom is 0.418 e. The Bertz CT molecular complexity index is 1290. The van der Waals surface area contributed by atoms with Crippen molar-refractivity contribution < 1.29 is 22.8 Å². The zero-order valence-electron chi connectivity index (χ0n) is 19.4. The number of benzene rings is 2. The van der Waals surface area contributed by atoms with Gasteiger partial charge in [0.2, 0.25) is 0 Å². The van der Waals surface area contributed by atoms with E-state index in [1.807, 2.05) is 0 Å². The highest BCUT2D eigenvalue weighted by Gasteiger charge is 2.34. The number of likely N-dealkylation sites (tertiary alicyclic amines) is 1. The van der Waals surface area contributed by atoms with Gasteiger partial charge in [-0.3, -0.25) is 4.79 Å². The van der Waals surface area contributed by atoms with Crippen molar-refractivity contribution in [2.45, 2.75) is 38.8 Å². The van der Waals surface area contributed by atoms with Crippen molar-refractivity contribution in [3.05, 3.63) is 68.8 Å². The van der Waals surface area contributed by atoms with E-state index < -0.39 is 11.7 Å². The van der Waals surface area contributed by atoms with Crippen LogP contribution in [0.1, 0.15) is 53.2 Å². The Hall–Kier alpha value is -2.51. The minimum Gasteiger partial charge on any atom is -0.350 e. The maximum atomic E-state index is 13.6. The highest BCUT2D eigenvalue weighted by molar-refractivity contribution is 6.38. The van der Waals surface area contributed by atoms with Crippen LogP contribution in [-0.4, -0.2) is 34.2 Å². The van der Waals surface area contributed by atoms with Crippen LogP contribution in [0.25, 0.3) is 10.9 Å². The first-order valence-corrected chi connectivity index (χ1v) is 12.1. The first kappa shape index (κ1) is 25.6. The third-order valence-electron chi connectivity index (χ3n) is 6.65. The van der Waals surface area contributed by atoms with Crippen LogP contribution in [0.3, 0.4) is 0 Å². The van der Waals surface area contributed by atoms with Crippen LogP contribution >= 0.6 is 23.2 Å². The summed E-state index contributed by atoms with van der Waals surface area (Å²) < 4.78 is 42.1. The molecule has 0 N–H and O–H groups in total. The third kappa shape index (κ3) is 5.21. The van der Waals surface area contributed by atoms with Crippen molar-refractivity contribution in [3.63, 3.8) is 0 Å². The van der Waals surface area contributed by atoms with E-state index in [4.69, 9.17) is 23.2 Å². The van der Waals surface area contributed by atoms with E-state index in [9.17, 15) is 22.8 Å². The fourth-order valence-corrected chi connectivity index (χ4v) is 5.54. The Morgan fingerprint density at radius 3 is 2.40 bits per heavy atom. The Labute approximate surface area is 211 Å². The Balaban J connectivity index is 1.63. The number of ketones is 1. The number of hydrogen-bond acceptors (Lipinski definition) is 2. The van der Waals surface area contributed by atoms with Crippen LogP contribution in [-0.2, 0) is 24.4 Å². The molecule has 1 aliphatic rings. The van der Waals surface area contributed by atoms with Crippen molar-refractivity contribution in [3.8, 4) is 0 Å².